The van der Waals surface area contributed by atoms with Crippen LogP contribution in [0.4, 0.5) is 0 Å². The number of hydrogen-bond donors (Lipinski definition) is 8. The lowest BCUT2D eigenvalue weighted by molar-refractivity contribution is -0.367. The number of aliphatic carboxylic acids is 1. The van der Waals surface area contributed by atoms with E-state index in [0.717, 1.165) is 37.7 Å². The first-order chi connectivity index (χ1) is 29.6. The summed E-state index contributed by atoms with van der Waals surface area (Å²) in [7, 11) is 0. The summed E-state index contributed by atoms with van der Waals surface area (Å²) < 4.78 is 30.9. The zero-order valence-electron chi connectivity index (χ0n) is 40.0. The number of aliphatic hydroxyl groups is 6. The van der Waals surface area contributed by atoms with Gasteiger partial charge in [-0.2, -0.15) is 0 Å². The highest BCUT2D eigenvalue weighted by Crippen LogP contribution is 2.73. The standard InChI is InChI=1S/C48H79NO15/c1-24(14-20-47(11,43(4,5)6)64-26(3)53)27-16-21-48(42(58)59)29-12-13-32-44(7,8)33(17-18-45(32,9)28(29)15-19-46(27,48)10)62-41-39(38(57)36(55)31(23-51)61-41)63-40-34(49-25(2)52)37(56)35(54)30(22-50)60-40/h24,27,30-41,50-51,54-57H,12-23H2,1-11H3,(H,49,52)(H,58,59)/t24-,27-,30-,31-,32+,33+,34-,35-,36+,37-,38+,39-,40+,41+,45-,46-,47?,48+/m1/s1. The molecule has 1 amide bonds. The predicted molar refractivity (Wildman–Crippen MR) is 232 cm³/mol. The van der Waals surface area contributed by atoms with Gasteiger partial charge >= 0.3 is 11.9 Å². The molecule has 6 rings (SSSR count). The van der Waals surface area contributed by atoms with Crippen molar-refractivity contribution < 1.29 is 73.8 Å². The fraction of sp³-hybridized carbons (Fsp3) is 0.896. The smallest absolute Gasteiger partial charge is 0.314 e. The van der Waals surface area contributed by atoms with Crippen LogP contribution in [0.2, 0.25) is 0 Å². The van der Waals surface area contributed by atoms with E-state index in [1.165, 1.54) is 19.4 Å². The number of nitrogens with one attached hydrogen (secondary N) is 1. The number of carbonyl (C=O) groups is 3. The van der Waals surface area contributed by atoms with Crippen LogP contribution in [0.1, 0.15) is 140 Å². The number of hydrogen-bond acceptors (Lipinski definition) is 14. The monoisotopic (exact) mass is 910 g/mol. The minimum absolute atomic E-state index is 0.0556. The lowest BCUT2D eigenvalue weighted by Crippen LogP contribution is -2.68. The number of rotatable bonds is 13. The largest absolute Gasteiger partial charge is 0.481 e. The zero-order chi connectivity index (χ0) is 47.7. The van der Waals surface area contributed by atoms with Crippen molar-refractivity contribution in [2.75, 3.05) is 13.2 Å². The van der Waals surface area contributed by atoms with Crippen LogP contribution in [0.15, 0.2) is 11.1 Å². The van der Waals surface area contributed by atoms with Crippen LogP contribution in [0.5, 0.6) is 0 Å². The van der Waals surface area contributed by atoms with Crippen molar-refractivity contribution in [1.82, 2.24) is 5.32 Å². The Kier molecular flexibility index (Phi) is 14.7. The molecule has 8 N–H and O–H groups in total. The molecule has 2 saturated carbocycles. The molecule has 0 spiro atoms. The Hall–Kier alpha value is -2.25. The maximum atomic E-state index is 14.0. The molecule has 6 aliphatic rings. The first-order valence-corrected chi connectivity index (χ1v) is 23.6. The summed E-state index contributed by atoms with van der Waals surface area (Å²) in [5.41, 5.74) is -0.950. The van der Waals surface area contributed by atoms with Crippen molar-refractivity contribution in [3.05, 3.63) is 11.1 Å². The van der Waals surface area contributed by atoms with Crippen molar-refractivity contribution in [3.8, 4) is 0 Å². The topological polar surface area (TPSA) is 251 Å². The number of ether oxygens (including phenoxy) is 5. The van der Waals surface area contributed by atoms with E-state index in [1.54, 1.807) is 0 Å². The van der Waals surface area contributed by atoms with Crippen LogP contribution in [-0.2, 0) is 38.1 Å². The summed E-state index contributed by atoms with van der Waals surface area (Å²) >= 11 is 0. The maximum absolute atomic E-state index is 14.0. The first-order valence-electron chi connectivity index (χ1n) is 23.6. The molecule has 18 atom stereocenters. The van der Waals surface area contributed by atoms with Crippen molar-refractivity contribution in [2.24, 2.45) is 44.8 Å². The van der Waals surface area contributed by atoms with Gasteiger partial charge in [0.1, 0.15) is 54.4 Å². The van der Waals surface area contributed by atoms with Crippen molar-refractivity contribution in [3.63, 3.8) is 0 Å². The molecule has 0 aromatic rings. The fourth-order valence-electron chi connectivity index (χ4n) is 13.8. The highest BCUT2D eigenvalue weighted by molar-refractivity contribution is 5.82. The van der Waals surface area contributed by atoms with Gasteiger partial charge in [0.25, 0.3) is 0 Å². The van der Waals surface area contributed by atoms with Gasteiger partial charge in [-0.25, -0.2) is 0 Å². The summed E-state index contributed by atoms with van der Waals surface area (Å²) in [6.45, 7) is 20.6. The molecule has 4 aliphatic carbocycles. The Morgan fingerprint density at radius 1 is 0.797 bits per heavy atom. The second-order valence-electron chi connectivity index (χ2n) is 22.6. The van der Waals surface area contributed by atoms with E-state index in [0.29, 0.717) is 32.1 Å². The Morgan fingerprint density at radius 3 is 1.97 bits per heavy atom. The molecular weight excluding hydrogens is 831 g/mol. The number of esters is 1. The molecule has 0 radical (unpaired) electrons. The average Bonchev–Trinajstić information content (AvgIpc) is 3.53. The van der Waals surface area contributed by atoms with E-state index >= 15 is 0 Å². The SMILES string of the molecule is CC(=O)N[C@H]1[C@H](O[C@H]2[C@H](O[C@H]3CC[C@]4(C)C5=C(CC[C@H]4C3(C)C)[C@]3(C(=O)O)CC[C@H]([C@H](C)CCC(C)(OC(C)=O)C(C)(C)C)[C@@]3(C)CC5)O[C@H](CO)[C@H](O)[C@@H]2O)O[C@H](CO)[C@@H](O)[C@@H]1O. The number of amides is 1. The molecule has 64 heavy (non-hydrogen) atoms. The molecule has 16 nitrogen and oxygen atoms in total. The summed E-state index contributed by atoms with van der Waals surface area (Å²) in [6, 6.07) is -1.34. The van der Waals surface area contributed by atoms with Crippen LogP contribution in [-0.4, -0.2) is 140 Å². The number of aliphatic hydroxyl groups excluding tert-OH is 6. The highest BCUT2D eigenvalue weighted by Gasteiger charge is 2.69. The van der Waals surface area contributed by atoms with E-state index in [-0.39, 0.29) is 34.6 Å². The fourth-order valence-corrected chi connectivity index (χ4v) is 13.8. The van der Waals surface area contributed by atoms with Crippen LogP contribution in [0, 0.1) is 44.8 Å². The van der Waals surface area contributed by atoms with Crippen LogP contribution in [0.25, 0.3) is 0 Å². The van der Waals surface area contributed by atoms with Gasteiger partial charge in [0.2, 0.25) is 5.91 Å². The Balaban J connectivity index is 1.26. The third kappa shape index (κ3) is 8.50. The van der Waals surface area contributed by atoms with Gasteiger partial charge in [0.15, 0.2) is 12.6 Å². The second-order valence-corrected chi connectivity index (χ2v) is 22.6. The molecular formula is C48H79NO15. The van der Waals surface area contributed by atoms with Gasteiger partial charge < -0.3 is 64.7 Å². The lowest BCUT2D eigenvalue weighted by atomic mass is 9.43. The molecule has 0 aromatic heterocycles. The molecule has 1 unspecified atom stereocenters. The van der Waals surface area contributed by atoms with Gasteiger partial charge in [-0.1, -0.05) is 66.5 Å². The zero-order valence-corrected chi connectivity index (χ0v) is 40.0. The molecule has 0 bridgehead atoms. The molecule has 2 saturated heterocycles. The number of carboxylic acid groups (broad SMARTS) is 1. The van der Waals surface area contributed by atoms with E-state index in [4.69, 9.17) is 23.7 Å². The number of allylic oxidation sites excluding steroid dienone is 1. The van der Waals surface area contributed by atoms with E-state index in [2.05, 4.69) is 60.7 Å². The average molecular weight is 910 g/mol. The minimum Gasteiger partial charge on any atom is -0.481 e. The van der Waals surface area contributed by atoms with E-state index < -0.39 is 114 Å². The van der Waals surface area contributed by atoms with E-state index in [9.17, 15) is 50.1 Å². The van der Waals surface area contributed by atoms with Crippen LogP contribution < -0.4 is 5.32 Å². The quantitative estimate of drug-likeness (QED) is 0.0969. The van der Waals surface area contributed by atoms with Crippen LogP contribution in [0.3, 0.4) is 0 Å². The van der Waals surface area contributed by atoms with Gasteiger partial charge in [0.05, 0.1) is 24.7 Å². The molecule has 366 valence electrons. The normalized spacial score (nSPS) is 43.5. The number of fused-ring (bicyclic) bond motifs is 4. The van der Waals surface area contributed by atoms with Gasteiger partial charge in [-0.05, 0) is 105 Å². The summed E-state index contributed by atoms with van der Waals surface area (Å²) in [5.74, 6) is -1.19. The third-order valence-electron chi connectivity index (χ3n) is 17.9. The molecule has 0 aromatic carbocycles. The van der Waals surface area contributed by atoms with Gasteiger partial charge in [0, 0.05) is 19.3 Å². The molecule has 2 aliphatic heterocycles. The highest BCUT2D eigenvalue weighted by atomic mass is 16.8. The number of carbonyl (C=O) groups excluding carboxylic acids is 2. The predicted octanol–water partition coefficient (Wildman–Crippen LogP) is 3.74. The summed E-state index contributed by atoms with van der Waals surface area (Å²) in [4.78, 5) is 38.3. The number of carboxylic acids is 1. The molecule has 2 heterocycles. The maximum Gasteiger partial charge on any atom is 0.314 e. The minimum atomic E-state index is -1.69. The molecule has 4 fully saturated rings. The van der Waals surface area contributed by atoms with Gasteiger partial charge in [-0.3, -0.25) is 14.4 Å². The second kappa shape index (κ2) is 18.3. The van der Waals surface area contributed by atoms with Crippen LogP contribution >= 0.6 is 0 Å². The Morgan fingerprint density at radius 2 is 1.41 bits per heavy atom. The van der Waals surface area contributed by atoms with Crippen molar-refractivity contribution in [1.29, 1.82) is 0 Å². The van der Waals surface area contributed by atoms with Crippen molar-refractivity contribution in [2.45, 2.75) is 213 Å². The lowest BCUT2D eigenvalue weighted by Gasteiger charge is -2.62. The summed E-state index contributed by atoms with van der Waals surface area (Å²) in [5, 5.41) is 78.1. The van der Waals surface area contributed by atoms with Crippen molar-refractivity contribution >= 4 is 17.8 Å². The van der Waals surface area contributed by atoms with E-state index in [1.807, 2.05) is 6.92 Å². The summed E-state index contributed by atoms with van der Waals surface area (Å²) in [6.07, 6.45) is -6.94. The first kappa shape index (κ1) is 51.1. The Labute approximate surface area is 378 Å². The molecule has 16 heteroatoms. The Bertz CT molecular complexity index is 1770. The third-order valence-corrected chi connectivity index (χ3v) is 17.9. The van der Waals surface area contributed by atoms with Gasteiger partial charge in [-0.15, -0.1) is 0 Å².